The van der Waals surface area contributed by atoms with E-state index in [-0.39, 0.29) is 11.9 Å². The third-order valence-electron chi connectivity index (χ3n) is 3.86. The summed E-state index contributed by atoms with van der Waals surface area (Å²) in [6, 6.07) is 8.58. The van der Waals surface area contributed by atoms with Gasteiger partial charge in [-0.25, -0.2) is 4.79 Å². The molecule has 6 nitrogen and oxygen atoms in total. The second-order valence-electron chi connectivity index (χ2n) is 5.11. The van der Waals surface area contributed by atoms with Crippen LogP contribution in [0.1, 0.15) is 28.8 Å². The molecule has 1 aliphatic rings. The molecule has 0 aromatic heterocycles. The van der Waals surface area contributed by atoms with Crippen molar-refractivity contribution in [2.75, 3.05) is 20.1 Å². The highest BCUT2D eigenvalue weighted by Crippen LogP contribution is 2.18. The number of nitrogens with zero attached hydrogens (tertiary/aromatic N) is 3. The van der Waals surface area contributed by atoms with Gasteiger partial charge in [0.15, 0.2) is 0 Å². The van der Waals surface area contributed by atoms with E-state index in [1.54, 1.807) is 36.2 Å². The molecule has 1 fully saturated rings. The summed E-state index contributed by atoms with van der Waals surface area (Å²) >= 11 is 0. The van der Waals surface area contributed by atoms with Crippen molar-refractivity contribution < 1.29 is 14.7 Å². The molecular formula is C15H17N3O3. The van der Waals surface area contributed by atoms with Crippen LogP contribution in [0.4, 0.5) is 4.79 Å². The van der Waals surface area contributed by atoms with Gasteiger partial charge in [0.05, 0.1) is 11.6 Å². The maximum absolute atomic E-state index is 12.4. The van der Waals surface area contributed by atoms with Crippen LogP contribution in [0.25, 0.3) is 0 Å². The van der Waals surface area contributed by atoms with Crippen LogP contribution >= 0.6 is 0 Å². The van der Waals surface area contributed by atoms with Gasteiger partial charge < -0.3 is 14.9 Å². The minimum absolute atomic E-state index is 0.0451. The maximum Gasteiger partial charge on any atom is 0.407 e. The highest BCUT2D eigenvalue weighted by Gasteiger charge is 2.27. The van der Waals surface area contributed by atoms with E-state index in [0.29, 0.717) is 37.1 Å². The lowest BCUT2D eigenvalue weighted by Gasteiger charge is -2.35. The van der Waals surface area contributed by atoms with Crippen LogP contribution in [0.2, 0.25) is 0 Å². The average molecular weight is 287 g/mol. The molecule has 0 saturated carbocycles. The molecule has 1 aromatic carbocycles. The smallest absolute Gasteiger partial charge is 0.407 e. The van der Waals surface area contributed by atoms with Crippen LogP contribution in [0.3, 0.4) is 0 Å². The molecule has 0 aliphatic carbocycles. The van der Waals surface area contributed by atoms with Crippen molar-refractivity contribution in [2.24, 2.45) is 0 Å². The fourth-order valence-corrected chi connectivity index (χ4v) is 2.50. The summed E-state index contributed by atoms with van der Waals surface area (Å²) in [4.78, 5) is 26.3. The van der Waals surface area contributed by atoms with Gasteiger partial charge in [-0.3, -0.25) is 4.79 Å². The van der Waals surface area contributed by atoms with Crippen LogP contribution in [0, 0.1) is 11.3 Å². The largest absolute Gasteiger partial charge is 0.465 e. The van der Waals surface area contributed by atoms with Crippen molar-refractivity contribution in [3.05, 3.63) is 35.4 Å². The van der Waals surface area contributed by atoms with E-state index >= 15 is 0 Å². The molecule has 0 bridgehead atoms. The summed E-state index contributed by atoms with van der Waals surface area (Å²) in [5.41, 5.74) is 1.06. The number of nitriles is 1. The lowest BCUT2D eigenvalue weighted by Crippen LogP contribution is -2.46. The minimum atomic E-state index is -0.908. The van der Waals surface area contributed by atoms with Gasteiger partial charge in [-0.2, -0.15) is 5.26 Å². The minimum Gasteiger partial charge on any atom is -0.465 e. The van der Waals surface area contributed by atoms with E-state index in [2.05, 4.69) is 0 Å². The molecule has 21 heavy (non-hydrogen) atoms. The molecule has 1 aliphatic heterocycles. The summed E-state index contributed by atoms with van der Waals surface area (Å²) in [5.74, 6) is -0.103. The van der Waals surface area contributed by atoms with Crippen molar-refractivity contribution in [1.82, 2.24) is 9.80 Å². The van der Waals surface area contributed by atoms with Crippen molar-refractivity contribution in [2.45, 2.75) is 18.9 Å². The predicted molar refractivity (Wildman–Crippen MR) is 75.9 cm³/mol. The Morgan fingerprint density at radius 2 is 1.86 bits per heavy atom. The van der Waals surface area contributed by atoms with Gasteiger partial charge in [0.2, 0.25) is 0 Å². The third kappa shape index (κ3) is 3.31. The number of hydrogen-bond donors (Lipinski definition) is 1. The molecule has 1 saturated heterocycles. The zero-order valence-electron chi connectivity index (χ0n) is 11.8. The van der Waals surface area contributed by atoms with Gasteiger partial charge in [-0.15, -0.1) is 0 Å². The van der Waals surface area contributed by atoms with E-state index in [9.17, 15) is 9.59 Å². The highest BCUT2D eigenvalue weighted by molar-refractivity contribution is 5.94. The summed E-state index contributed by atoms with van der Waals surface area (Å²) in [7, 11) is 1.74. The van der Waals surface area contributed by atoms with Crippen molar-refractivity contribution >= 4 is 12.0 Å². The lowest BCUT2D eigenvalue weighted by molar-refractivity contribution is 0.0641. The van der Waals surface area contributed by atoms with Crippen molar-refractivity contribution in [3.8, 4) is 6.07 Å². The Labute approximate surface area is 123 Å². The van der Waals surface area contributed by atoms with Gasteiger partial charge in [0, 0.05) is 31.7 Å². The van der Waals surface area contributed by atoms with Gasteiger partial charge in [-0.1, -0.05) is 0 Å². The summed E-state index contributed by atoms with van der Waals surface area (Å²) in [5, 5.41) is 17.7. The van der Waals surface area contributed by atoms with E-state index < -0.39 is 6.09 Å². The Morgan fingerprint density at radius 1 is 1.29 bits per heavy atom. The molecule has 6 heteroatoms. The van der Waals surface area contributed by atoms with E-state index in [1.165, 1.54) is 4.90 Å². The van der Waals surface area contributed by atoms with Crippen LogP contribution in [-0.2, 0) is 0 Å². The SMILES string of the molecule is CN(C(=O)c1ccc(C#N)cc1)C1CCN(C(=O)O)CC1. The van der Waals surface area contributed by atoms with E-state index in [0.717, 1.165) is 0 Å². The Bertz CT molecular complexity index is 569. The predicted octanol–water partition coefficient (Wildman–Crippen LogP) is 1.77. The lowest BCUT2D eigenvalue weighted by atomic mass is 10.0. The number of piperidine rings is 1. The third-order valence-corrected chi connectivity index (χ3v) is 3.86. The molecule has 0 spiro atoms. The number of carbonyl (C=O) groups excluding carboxylic acids is 1. The first-order chi connectivity index (χ1) is 10.0. The van der Waals surface area contributed by atoms with Crippen molar-refractivity contribution in [1.29, 1.82) is 5.26 Å². The van der Waals surface area contributed by atoms with E-state index in [1.807, 2.05) is 6.07 Å². The molecule has 1 heterocycles. The summed E-state index contributed by atoms with van der Waals surface area (Å²) < 4.78 is 0. The Morgan fingerprint density at radius 3 is 2.33 bits per heavy atom. The number of benzene rings is 1. The number of rotatable bonds is 2. The standard InChI is InChI=1S/C15H17N3O3/c1-17(13-6-8-18(9-7-13)15(20)21)14(19)12-4-2-11(10-16)3-5-12/h2-5,13H,6-9H2,1H3,(H,20,21). The fraction of sp³-hybridized carbons (Fsp3) is 0.400. The summed E-state index contributed by atoms with van der Waals surface area (Å²) in [6.07, 6.45) is 0.379. The Balaban J connectivity index is 1.99. The first kappa shape index (κ1) is 14.9. The Hall–Kier alpha value is -2.55. The second kappa shape index (κ2) is 6.27. The molecule has 1 N–H and O–H groups in total. The van der Waals surface area contributed by atoms with Gasteiger partial charge >= 0.3 is 6.09 Å². The van der Waals surface area contributed by atoms with Crippen molar-refractivity contribution in [3.63, 3.8) is 0 Å². The maximum atomic E-state index is 12.4. The monoisotopic (exact) mass is 287 g/mol. The number of amides is 2. The quantitative estimate of drug-likeness (QED) is 0.898. The topological polar surface area (TPSA) is 84.6 Å². The number of carbonyl (C=O) groups is 2. The number of hydrogen-bond acceptors (Lipinski definition) is 3. The molecule has 0 unspecified atom stereocenters. The van der Waals surface area contributed by atoms with Crippen LogP contribution in [-0.4, -0.2) is 53.1 Å². The zero-order chi connectivity index (χ0) is 15.4. The average Bonchev–Trinajstić information content (AvgIpc) is 2.53. The summed E-state index contributed by atoms with van der Waals surface area (Å²) in [6.45, 7) is 0.899. The fourth-order valence-electron chi connectivity index (χ4n) is 2.50. The molecule has 2 rings (SSSR count). The molecule has 1 aromatic rings. The first-order valence-corrected chi connectivity index (χ1v) is 6.78. The molecule has 0 radical (unpaired) electrons. The normalized spacial score (nSPS) is 15.3. The second-order valence-corrected chi connectivity index (χ2v) is 5.11. The molecular weight excluding hydrogens is 270 g/mol. The highest BCUT2D eigenvalue weighted by atomic mass is 16.4. The van der Waals surface area contributed by atoms with Gasteiger partial charge in [0.25, 0.3) is 5.91 Å². The molecule has 2 amide bonds. The Kier molecular flexibility index (Phi) is 4.43. The number of carboxylic acid groups (broad SMARTS) is 1. The first-order valence-electron chi connectivity index (χ1n) is 6.78. The van der Waals surface area contributed by atoms with Crippen LogP contribution < -0.4 is 0 Å². The van der Waals surface area contributed by atoms with Gasteiger partial charge in [0.1, 0.15) is 0 Å². The van der Waals surface area contributed by atoms with Crippen LogP contribution in [0.5, 0.6) is 0 Å². The van der Waals surface area contributed by atoms with E-state index in [4.69, 9.17) is 10.4 Å². The molecule has 110 valence electrons. The van der Waals surface area contributed by atoms with Crippen LogP contribution in [0.15, 0.2) is 24.3 Å². The zero-order valence-corrected chi connectivity index (χ0v) is 11.8. The number of likely N-dealkylation sites (tertiary alicyclic amines) is 1. The molecule has 0 atom stereocenters. The van der Waals surface area contributed by atoms with Gasteiger partial charge in [-0.05, 0) is 37.1 Å².